The number of hydrogen-bond acceptors (Lipinski definition) is 1. The number of hydrogen-bond donors (Lipinski definition) is 0. The summed E-state index contributed by atoms with van der Waals surface area (Å²) in [5, 5.41) is 0. The van der Waals surface area contributed by atoms with Gasteiger partial charge in [0.25, 0.3) is 0 Å². The highest BCUT2D eigenvalue weighted by Gasteiger charge is 1.90. The topological polar surface area (TPSA) is 12.4 Å². The van der Waals surface area contributed by atoms with Crippen molar-refractivity contribution in [3.05, 3.63) is 0 Å². The molecule has 0 aliphatic carbocycles. The van der Waals surface area contributed by atoms with Crippen molar-refractivity contribution in [2.24, 2.45) is 4.99 Å². The van der Waals surface area contributed by atoms with Gasteiger partial charge >= 0.3 is 0 Å². The van der Waals surface area contributed by atoms with E-state index in [1.807, 2.05) is 0 Å². The van der Waals surface area contributed by atoms with E-state index in [1.54, 1.807) is 0 Å². The maximum Gasteiger partial charge on any atom is 0.0385 e. The minimum atomic E-state index is 1.07. The molecular formula is C7H13N. The van der Waals surface area contributed by atoms with Gasteiger partial charge in [0, 0.05) is 6.54 Å². The summed E-state index contributed by atoms with van der Waals surface area (Å²) in [6.07, 6.45) is 8.72. The molecule has 1 nitrogen and oxygen atoms in total. The lowest BCUT2D eigenvalue weighted by atomic mass is 10.1. The smallest absolute Gasteiger partial charge is 0.0385 e. The van der Waals surface area contributed by atoms with Gasteiger partial charge in [-0.05, 0) is 25.5 Å². The Balaban J connectivity index is 2.17. The Hall–Kier alpha value is -0.330. The van der Waals surface area contributed by atoms with Crippen LogP contribution in [-0.2, 0) is 0 Å². The lowest BCUT2D eigenvalue weighted by Crippen LogP contribution is -1.88. The van der Waals surface area contributed by atoms with Gasteiger partial charge in [0.15, 0.2) is 0 Å². The molecule has 0 radical (unpaired) electrons. The summed E-state index contributed by atoms with van der Waals surface area (Å²) in [6.45, 7) is 1.07. The van der Waals surface area contributed by atoms with Crippen LogP contribution in [-0.4, -0.2) is 12.8 Å². The molecule has 46 valence electrons. The second-order valence-corrected chi connectivity index (χ2v) is 2.29. The van der Waals surface area contributed by atoms with Gasteiger partial charge in [0.1, 0.15) is 0 Å². The minimum absolute atomic E-state index is 1.07. The summed E-state index contributed by atoms with van der Waals surface area (Å²) in [5.74, 6) is 0. The third-order valence-corrected chi connectivity index (χ3v) is 1.50. The van der Waals surface area contributed by atoms with Crippen LogP contribution in [0.15, 0.2) is 4.99 Å². The minimum Gasteiger partial charge on any atom is -0.298 e. The molecule has 1 rings (SSSR count). The quantitative estimate of drug-likeness (QED) is 0.453. The van der Waals surface area contributed by atoms with Crippen molar-refractivity contribution in [1.29, 1.82) is 0 Å². The van der Waals surface area contributed by atoms with E-state index in [0.29, 0.717) is 0 Å². The first-order valence-electron chi connectivity index (χ1n) is 3.48. The molecule has 1 aliphatic rings. The van der Waals surface area contributed by atoms with Crippen molar-refractivity contribution in [2.75, 3.05) is 6.54 Å². The zero-order chi connectivity index (χ0) is 5.66. The Morgan fingerprint density at radius 3 is 2.88 bits per heavy atom. The molecule has 0 unspecified atom stereocenters. The van der Waals surface area contributed by atoms with Crippen molar-refractivity contribution in [2.45, 2.75) is 32.1 Å². The van der Waals surface area contributed by atoms with E-state index in [4.69, 9.17) is 0 Å². The zero-order valence-corrected chi connectivity index (χ0v) is 5.27. The summed E-state index contributed by atoms with van der Waals surface area (Å²) in [4.78, 5) is 4.21. The molecule has 0 fully saturated rings. The molecule has 0 aromatic rings. The van der Waals surface area contributed by atoms with E-state index in [0.717, 1.165) is 6.54 Å². The predicted molar refractivity (Wildman–Crippen MR) is 36.4 cm³/mol. The number of nitrogens with zero attached hydrogens (tertiary/aromatic N) is 1. The highest BCUT2D eigenvalue weighted by molar-refractivity contribution is 5.56. The van der Waals surface area contributed by atoms with Crippen LogP contribution in [0.4, 0.5) is 0 Å². The third kappa shape index (κ3) is 2.10. The fourth-order valence-electron chi connectivity index (χ4n) is 0.975. The highest BCUT2D eigenvalue weighted by atomic mass is 14.7. The Labute approximate surface area is 50.8 Å². The summed E-state index contributed by atoms with van der Waals surface area (Å²) in [6, 6.07) is 0. The van der Waals surface area contributed by atoms with Crippen LogP contribution < -0.4 is 0 Å². The maximum atomic E-state index is 4.21. The Morgan fingerprint density at radius 2 is 1.88 bits per heavy atom. The van der Waals surface area contributed by atoms with Gasteiger partial charge in [-0.15, -0.1) is 0 Å². The molecule has 1 aliphatic heterocycles. The van der Waals surface area contributed by atoms with Crippen LogP contribution in [0.5, 0.6) is 0 Å². The lowest BCUT2D eigenvalue weighted by Gasteiger charge is -1.99. The molecule has 1 heterocycles. The molecule has 0 saturated heterocycles. The first-order valence-corrected chi connectivity index (χ1v) is 3.48. The molecule has 8 heavy (non-hydrogen) atoms. The maximum absolute atomic E-state index is 4.21. The Morgan fingerprint density at radius 1 is 1.00 bits per heavy atom. The van der Waals surface area contributed by atoms with E-state index in [1.165, 1.54) is 32.1 Å². The Bertz CT molecular complexity index is 66.5. The van der Waals surface area contributed by atoms with Gasteiger partial charge in [-0.2, -0.15) is 0 Å². The van der Waals surface area contributed by atoms with Crippen molar-refractivity contribution < 1.29 is 0 Å². The highest BCUT2D eigenvalue weighted by Crippen LogP contribution is 2.04. The number of aliphatic imine (C=N–C) groups is 1. The van der Waals surface area contributed by atoms with Crippen LogP contribution in [0, 0.1) is 0 Å². The van der Waals surface area contributed by atoms with Crippen molar-refractivity contribution >= 4 is 6.21 Å². The van der Waals surface area contributed by atoms with Crippen molar-refractivity contribution in [1.82, 2.24) is 0 Å². The van der Waals surface area contributed by atoms with Gasteiger partial charge < -0.3 is 0 Å². The summed E-state index contributed by atoms with van der Waals surface area (Å²) in [5.41, 5.74) is 0. The summed E-state index contributed by atoms with van der Waals surface area (Å²) in [7, 11) is 0. The first kappa shape index (κ1) is 5.80. The first-order chi connectivity index (χ1) is 4.00. The third-order valence-electron chi connectivity index (χ3n) is 1.50. The van der Waals surface area contributed by atoms with E-state index in [9.17, 15) is 0 Å². The molecule has 0 spiro atoms. The SMILES string of the molecule is C1=NCCCCCC1. The van der Waals surface area contributed by atoms with E-state index in [-0.39, 0.29) is 0 Å². The molecule has 1 heteroatoms. The standard InChI is InChI=1S/C7H13N/c1-2-4-6-8-7-5-3-1/h6H,1-5,7H2. The van der Waals surface area contributed by atoms with Crippen molar-refractivity contribution in [3.8, 4) is 0 Å². The van der Waals surface area contributed by atoms with Crippen LogP contribution >= 0.6 is 0 Å². The van der Waals surface area contributed by atoms with Crippen molar-refractivity contribution in [3.63, 3.8) is 0 Å². The van der Waals surface area contributed by atoms with Gasteiger partial charge in [0.05, 0.1) is 0 Å². The van der Waals surface area contributed by atoms with Gasteiger partial charge in [-0.25, -0.2) is 0 Å². The second kappa shape index (κ2) is 3.65. The normalized spacial score (nSPS) is 22.0. The van der Waals surface area contributed by atoms with Gasteiger partial charge in [-0.3, -0.25) is 4.99 Å². The average molecular weight is 111 g/mol. The number of rotatable bonds is 0. The molecule has 0 amide bonds. The van der Waals surface area contributed by atoms with Crippen LogP contribution in [0.1, 0.15) is 32.1 Å². The fourth-order valence-corrected chi connectivity index (χ4v) is 0.975. The molecule has 0 aromatic heterocycles. The lowest BCUT2D eigenvalue weighted by molar-refractivity contribution is 0.649. The fraction of sp³-hybridized carbons (Fsp3) is 0.857. The van der Waals surface area contributed by atoms with E-state index >= 15 is 0 Å². The molecule has 0 saturated carbocycles. The van der Waals surface area contributed by atoms with E-state index < -0.39 is 0 Å². The second-order valence-electron chi connectivity index (χ2n) is 2.29. The Kier molecular flexibility index (Phi) is 2.64. The van der Waals surface area contributed by atoms with Crippen LogP contribution in [0.3, 0.4) is 0 Å². The molecule has 0 atom stereocenters. The van der Waals surface area contributed by atoms with Gasteiger partial charge in [-0.1, -0.05) is 12.8 Å². The van der Waals surface area contributed by atoms with Crippen LogP contribution in [0.2, 0.25) is 0 Å². The predicted octanol–water partition coefficient (Wildman–Crippen LogP) is 2.02. The summed E-state index contributed by atoms with van der Waals surface area (Å²) >= 11 is 0. The molecule has 0 N–H and O–H groups in total. The monoisotopic (exact) mass is 111 g/mol. The average Bonchev–Trinajstić information content (AvgIpc) is 1.62. The molecule has 0 aromatic carbocycles. The zero-order valence-electron chi connectivity index (χ0n) is 5.27. The molecular weight excluding hydrogens is 98.1 g/mol. The summed E-state index contributed by atoms with van der Waals surface area (Å²) < 4.78 is 0. The van der Waals surface area contributed by atoms with E-state index in [2.05, 4.69) is 11.2 Å². The largest absolute Gasteiger partial charge is 0.298 e. The molecule has 0 bridgehead atoms. The van der Waals surface area contributed by atoms with Crippen LogP contribution in [0.25, 0.3) is 0 Å². The van der Waals surface area contributed by atoms with Gasteiger partial charge in [0.2, 0.25) is 0 Å².